The van der Waals surface area contributed by atoms with Crippen LogP contribution < -0.4 is 5.32 Å². The van der Waals surface area contributed by atoms with Crippen molar-refractivity contribution in [2.75, 3.05) is 18.4 Å². The number of hydrogen-bond donors (Lipinski definition) is 2. The molecule has 0 radical (unpaired) electrons. The maximum atomic E-state index is 11.2. The van der Waals surface area contributed by atoms with Crippen molar-refractivity contribution in [2.45, 2.75) is 57.5 Å². The van der Waals surface area contributed by atoms with Gasteiger partial charge in [-0.2, -0.15) is 4.98 Å². The van der Waals surface area contributed by atoms with Gasteiger partial charge in [0.2, 0.25) is 0 Å². The number of anilines is 1. The monoisotopic (exact) mass is 385 g/mol. The van der Waals surface area contributed by atoms with Crippen LogP contribution in [-0.4, -0.2) is 56.3 Å². The van der Waals surface area contributed by atoms with E-state index in [2.05, 4.69) is 25.3 Å². The molecule has 2 saturated carbocycles. The second kappa shape index (κ2) is 7.87. The van der Waals surface area contributed by atoms with Crippen LogP contribution in [0.4, 0.5) is 5.82 Å². The molecule has 8 heteroatoms. The largest absolute Gasteiger partial charge is 0.480 e. The van der Waals surface area contributed by atoms with E-state index in [9.17, 15) is 9.90 Å². The Balaban J connectivity index is 1.34. The minimum absolute atomic E-state index is 0.136. The van der Waals surface area contributed by atoms with E-state index in [1.54, 1.807) is 6.20 Å². The Morgan fingerprint density at radius 2 is 2.18 bits per heavy atom. The van der Waals surface area contributed by atoms with Gasteiger partial charge in [0.15, 0.2) is 5.82 Å². The van der Waals surface area contributed by atoms with E-state index in [4.69, 9.17) is 4.52 Å². The van der Waals surface area contributed by atoms with Gasteiger partial charge < -0.3 is 14.9 Å². The number of pyridine rings is 1. The summed E-state index contributed by atoms with van der Waals surface area (Å²) in [5.74, 6) is 2.13. The highest BCUT2D eigenvalue weighted by Gasteiger charge is 2.37. The van der Waals surface area contributed by atoms with Crippen LogP contribution in [0.15, 0.2) is 22.9 Å². The highest BCUT2D eigenvalue weighted by Crippen LogP contribution is 2.34. The van der Waals surface area contributed by atoms with Crippen molar-refractivity contribution in [1.29, 1.82) is 0 Å². The van der Waals surface area contributed by atoms with E-state index >= 15 is 0 Å². The van der Waals surface area contributed by atoms with Gasteiger partial charge in [-0.15, -0.1) is 0 Å². The number of nitrogens with zero attached hydrogens (tertiary/aromatic N) is 4. The lowest BCUT2D eigenvalue weighted by Crippen LogP contribution is -2.52. The topological polar surface area (TPSA) is 104 Å². The van der Waals surface area contributed by atoms with E-state index in [-0.39, 0.29) is 12.5 Å². The molecule has 0 bridgehead atoms. The molecule has 0 aromatic carbocycles. The van der Waals surface area contributed by atoms with E-state index < -0.39 is 5.97 Å². The van der Waals surface area contributed by atoms with Crippen molar-refractivity contribution >= 4 is 11.8 Å². The Kier molecular flexibility index (Phi) is 5.30. The van der Waals surface area contributed by atoms with Crippen LogP contribution in [0.25, 0.3) is 11.5 Å². The zero-order valence-corrected chi connectivity index (χ0v) is 16.3. The zero-order valence-electron chi connectivity index (χ0n) is 16.3. The van der Waals surface area contributed by atoms with Crippen molar-refractivity contribution in [1.82, 2.24) is 20.0 Å². The quantitative estimate of drug-likeness (QED) is 0.679. The first-order valence-electron chi connectivity index (χ1n) is 10.0. The average molecular weight is 385 g/mol. The second-order valence-corrected chi connectivity index (χ2v) is 8.28. The Morgan fingerprint density at radius 3 is 2.82 bits per heavy atom. The highest BCUT2D eigenvalue weighted by molar-refractivity contribution is 5.69. The molecule has 2 aliphatic rings. The molecule has 2 aliphatic carbocycles. The molecule has 2 fully saturated rings. The predicted molar refractivity (Wildman–Crippen MR) is 104 cm³/mol. The fraction of sp³-hybridized carbons (Fsp3) is 0.600. The molecule has 2 aromatic rings. The maximum absolute atomic E-state index is 11.2. The molecule has 0 unspecified atom stereocenters. The summed E-state index contributed by atoms with van der Waals surface area (Å²) in [5.41, 5.74) is 0.842. The molecule has 0 amide bonds. The van der Waals surface area contributed by atoms with Gasteiger partial charge in [-0.3, -0.25) is 9.69 Å². The first-order chi connectivity index (χ1) is 13.5. The summed E-state index contributed by atoms with van der Waals surface area (Å²) in [4.78, 5) is 22.1. The van der Waals surface area contributed by atoms with Crippen LogP contribution in [0.2, 0.25) is 0 Å². The molecule has 0 spiro atoms. The number of aliphatic carboxylic acids is 1. The molecule has 2 N–H and O–H groups in total. The molecule has 150 valence electrons. The zero-order chi connectivity index (χ0) is 19.7. The summed E-state index contributed by atoms with van der Waals surface area (Å²) in [5, 5.41) is 16.6. The fourth-order valence-corrected chi connectivity index (χ4v) is 3.59. The minimum Gasteiger partial charge on any atom is -0.480 e. The molecule has 4 rings (SSSR count). The third-order valence-electron chi connectivity index (χ3n) is 5.47. The van der Waals surface area contributed by atoms with Crippen LogP contribution >= 0.6 is 0 Å². The van der Waals surface area contributed by atoms with Gasteiger partial charge in [0, 0.05) is 36.3 Å². The van der Waals surface area contributed by atoms with E-state index in [0.717, 1.165) is 30.8 Å². The summed E-state index contributed by atoms with van der Waals surface area (Å²) in [6.45, 7) is 5.10. The lowest BCUT2D eigenvalue weighted by molar-refractivity contribution is -0.139. The molecule has 0 saturated heterocycles. The maximum Gasteiger partial charge on any atom is 0.317 e. The number of carbonyl (C=O) groups is 1. The van der Waals surface area contributed by atoms with Crippen LogP contribution in [0.5, 0.6) is 0 Å². The van der Waals surface area contributed by atoms with Gasteiger partial charge in [-0.1, -0.05) is 19.0 Å². The van der Waals surface area contributed by atoms with Gasteiger partial charge in [0.1, 0.15) is 5.82 Å². The van der Waals surface area contributed by atoms with Crippen molar-refractivity contribution in [2.24, 2.45) is 5.92 Å². The summed E-state index contributed by atoms with van der Waals surface area (Å²) in [6, 6.07) is 4.42. The lowest BCUT2D eigenvalue weighted by Gasteiger charge is -2.43. The molecule has 0 atom stereocenters. The second-order valence-electron chi connectivity index (χ2n) is 8.28. The van der Waals surface area contributed by atoms with E-state index in [0.29, 0.717) is 29.7 Å². The first kappa shape index (κ1) is 18.9. The summed E-state index contributed by atoms with van der Waals surface area (Å²) < 4.78 is 5.36. The third-order valence-corrected chi connectivity index (χ3v) is 5.47. The van der Waals surface area contributed by atoms with Crippen molar-refractivity contribution in [3.8, 4) is 11.5 Å². The van der Waals surface area contributed by atoms with Crippen LogP contribution in [-0.2, 0) is 4.79 Å². The Morgan fingerprint density at radius 1 is 1.39 bits per heavy atom. The SMILES string of the molecule is CC(C)c1noc(-c2ccnc(NC3CC(N(CC(=O)O)CC4CC4)C3)c2)n1. The smallest absolute Gasteiger partial charge is 0.317 e. The van der Waals surface area contributed by atoms with Gasteiger partial charge in [0.25, 0.3) is 5.89 Å². The van der Waals surface area contributed by atoms with Crippen molar-refractivity contribution < 1.29 is 14.4 Å². The minimum atomic E-state index is -0.744. The van der Waals surface area contributed by atoms with Crippen LogP contribution in [0.1, 0.15) is 51.3 Å². The summed E-state index contributed by atoms with van der Waals surface area (Å²) in [7, 11) is 0. The Bertz CT molecular complexity index is 827. The molecule has 0 aliphatic heterocycles. The fourth-order valence-electron chi connectivity index (χ4n) is 3.59. The standard InChI is InChI=1S/C20H27N5O3/c1-12(2)19-23-20(28-24-19)14-5-6-21-17(7-14)22-15-8-16(9-15)25(11-18(26)27)10-13-3-4-13/h5-7,12-13,15-16H,3-4,8-11H2,1-2H3,(H,21,22)(H,26,27). The molecule has 8 nitrogen and oxygen atoms in total. The van der Waals surface area contributed by atoms with Gasteiger partial charge in [0.05, 0.1) is 6.54 Å². The van der Waals surface area contributed by atoms with Gasteiger partial charge in [-0.25, -0.2) is 4.98 Å². The number of nitrogens with one attached hydrogen (secondary N) is 1. The Hall–Kier alpha value is -2.48. The predicted octanol–water partition coefficient (Wildman–Crippen LogP) is 2.99. The lowest BCUT2D eigenvalue weighted by atomic mass is 9.85. The van der Waals surface area contributed by atoms with Crippen molar-refractivity contribution in [3.05, 3.63) is 24.2 Å². The van der Waals surface area contributed by atoms with Gasteiger partial charge >= 0.3 is 5.97 Å². The van der Waals surface area contributed by atoms with Crippen molar-refractivity contribution in [3.63, 3.8) is 0 Å². The Labute approximate surface area is 164 Å². The molecule has 2 aromatic heterocycles. The van der Waals surface area contributed by atoms with Gasteiger partial charge in [-0.05, 0) is 43.7 Å². The summed E-state index contributed by atoms with van der Waals surface area (Å²) >= 11 is 0. The molecular formula is C20H27N5O3. The molecular weight excluding hydrogens is 358 g/mol. The van der Waals surface area contributed by atoms with E-state index in [1.807, 2.05) is 26.0 Å². The number of hydrogen-bond acceptors (Lipinski definition) is 7. The normalized spacial score (nSPS) is 21.7. The number of rotatable bonds is 9. The number of aromatic nitrogens is 3. The average Bonchev–Trinajstić information content (AvgIpc) is 3.28. The van der Waals surface area contributed by atoms with E-state index in [1.165, 1.54) is 12.8 Å². The summed E-state index contributed by atoms with van der Waals surface area (Å²) in [6.07, 6.45) is 6.07. The first-order valence-corrected chi connectivity index (χ1v) is 10.0. The molecule has 28 heavy (non-hydrogen) atoms. The van der Waals surface area contributed by atoms with Crippen LogP contribution in [0, 0.1) is 5.92 Å². The highest BCUT2D eigenvalue weighted by atomic mass is 16.5. The third kappa shape index (κ3) is 4.49. The molecule has 2 heterocycles. The number of carboxylic acids is 1. The number of carboxylic acid groups (broad SMARTS) is 1. The van der Waals surface area contributed by atoms with Crippen LogP contribution in [0.3, 0.4) is 0 Å².